The van der Waals surface area contributed by atoms with Crippen LogP contribution in [0.25, 0.3) is 22.2 Å². The number of anilines is 2. The lowest BCUT2D eigenvalue weighted by Gasteiger charge is -2.26. The molecule has 3 fully saturated rings. The largest absolute Gasteiger partial charge is 0.445 e. The Hall–Kier alpha value is -8.67. The van der Waals surface area contributed by atoms with Gasteiger partial charge in [-0.3, -0.25) is 65.9 Å². The molecule has 121 heavy (non-hydrogen) atoms. The van der Waals surface area contributed by atoms with Gasteiger partial charge in [-0.05, 0) is 61.4 Å². The van der Waals surface area contributed by atoms with Crippen LogP contribution < -0.4 is 32.1 Å². The summed E-state index contributed by atoms with van der Waals surface area (Å²) in [6, 6.07) is 9.15. The third-order valence-electron chi connectivity index (χ3n) is 19.0. The molecule has 6 aromatic rings. The number of aromatic nitrogens is 7. The molecule has 13 atom stereocenters. The third-order valence-corrected chi connectivity index (χ3v) is 22.2. The van der Waals surface area contributed by atoms with Crippen LogP contribution in [0, 0.1) is 11.7 Å². The Kier molecular flexibility index (Phi) is 36.1. The van der Waals surface area contributed by atoms with Gasteiger partial charge in [0.2, 0.25) is 23.6 Å². The molecular weight excluding hydrogens is 1680 g/mol. The number of amides is 8. The summed E-state index contributed by atoms with van der Waals surface area (Å²) in [5.41, 5.74) is 0.0448. The van der Waals surface area contributed by atoms with E-state index in [-0.39, 0.29) is 80.6 Å². The minimum Gasteiger partial charge on any atom is -0.445 e. The molecule has 0 spiro atoms. The van der Waals surface area contributed by atoms with E-state index in [0.29, 0.717) is 109 Å². The zero-order chi connectivity index (χ0) is 86.8. The summed E-state index contributed by atoms with van der Waals surface area (Å²) < 4.78 is 145. The molecule has 2 aromatic carbocycles. The van der Waals surface area contributed by atoms with E-state index in [2.05, 4.69) is 76.0 Å². The van der Waals surface area contributed by atoms with Crippen molar-refractivity contribution in [2.75, 3.05) is 144 Å². The minimum atomic E-state index is -4.66. The number of aromatic amines is 1. The van der Waals surface area contributed by atoms with Crippen molar-refractivity contribution in [3.63, 3.8) is 0 Å². The summed E-state index contributed by atoms with van der Waals surface area (Å²) in [4.78, 5) is 141. The summed E-state index contributed by atoms with van der Waals surface area (Å²) in [6.07, 6.45) is -7.85. The van der Waals surface area contributed by atoms with E-state index in [1.807, 2.05) is 0 Å². The number of halogens is 2. The van der Waals surface area contributed by atoms with Gasteiger partial charge < -0.3 is 98.2 Å². The number of ether oxygens (including phenoxy) is 11. The van der Waals surface area contributed by atoms with Gasteiger partial charge in [-0.15, -0.1) is 0 Å². The van der Waals surface area contributed by atoms with Crippen molar-refractivity contribution in [3.8, 4) is 0 Å². The topological polar surface area (TPSA) is 490 Å². The number of aliphatic hydroxyl groups is 1. The highest BCUT2D eigenvalue weighted by Crippen LogP contribution is 2.60. The van der Waals surface area contributed by atoms with E-state index in [0.717, 1.165) is 39.2 Å². The van der Waals surface area contributed by atoms with Crippen LogP contribution in [0.4, 0.5) is 25.1 Å². The highest BCUT2D eigenvalue weighted by Gasteiger charge is 2.54. The van der Waals surface area contributed by atoms with E-state index in [9.17, 15) is 57.4 Å². The van der Waals surface area contributed by atoms with E-state index in [1.54, 1.807) is 63.4 Å². The second-order valence-electron chi connectivity index (χ2n) is 28.1. The fourth-order valence-corrected chi connectivity index (χ4v) is 15.6. The number of H-pyrrole nitrogens is 1. The average molecular weight is 1780 g/mol. The average Bonchev–Trinajstić information content (AvgIpc) is 1.60. The Labute approximate surface area is 702 Å². The second-order valence-corrected chi connectivity index (χ2v) is 33.8. The van der Waals surface area contributed by atoms with Crippen molar-refractivity contribution >= 4 is 119 Å². The molecule has 4 aromatic heterocycles. The van der Waals surface area contributed by atoms with E-state index in [4.69, 9.17) is 70.2 Å². The first-order valence-corrected chi connectivity index (χ1v) is 44.0. The summed E-state index contributed by atoms with van der Waals surface area (Å²) in [7, 11) is 3.06. The van der Waals surface area contributed by atoms with Gasteiger partial charge in [0, 0.05) is 63.3 Å². The number of benzene rings is 2. The number of nitrogens with one attached hydrogen (secondary N) is 6. The predicted molar refractivity (Wildman–Crippen MR) is 429 cm³/mol. The molecule has 47 heteroatoms. The lowest BCUT2D eigenvalue weighted by molar-refractivity contribution is -0.137. The molecule has 0 aliphatic carbocycles. The quantitative estimate of drug-likeness (QED) is 0.0110. The van der Waals surface area contributed by atoms with Crippen LogP contribution in [0.1, 0.15) is 80.4 Å². The number of unbranched alkanes of at least 4 members (excludes halogenated alkanes) is 1. The SMILES string of the molecule is COCCOCCOCCOCCOCCOCCOCCOCCC(=O)N[C@@H](CCCCN1C(=O)C=CC1=O)C(=O)N[C@H](C(=O)N[C@@H](C)C(=O)Nc1ccc(COC(=O)N(C)Cc2ccccc2C(=O)Nc2ncnc3c2ncn3[C@@H]2O[C@@H]3CO[P@@](=O)(S)O[C@@H]4[C@H](O)[C@@H](CO[P@@](=O)(S)O[C@H]3[C@H]2F)O[C@H]4n2cc(F)c3c(=O)[nH]cnc32)cc1)C(C)C. The molecule has 0 saturated carbocycles. The Balaban J connectivity index is 0.649. The van der Waals surface area contributed by atoms with Gasteiger partial charge in [-0.25, -0.2) is 42.6 Å². The number of hydrogen-bond donors (Lipinski definition) is 9. The summed E-state index contributed by atoms with van der Waals surface area (Å²) in [6.45, 7) is -0.914. The van der Waals surface area contributed by atoms with Gasteiger partial charge in [0.1, 0.15) is 67.0 Å². The number of alkyl halides is 1. The Morgan fingerprint density at radius 1 is 0.686 bits per heavy atom. The van der Waals surface area contributed by atoms with Crippen LogP contribution in [0.5, 0.6) is 0 Å². The summed E-state index contributed by atoms with van der Waals surface area (Å²) >= 11 is 8.16. The molecule has 0 unspecified atom stereocenters. The third kappa shape index (κ3) is 27.2. The van der Waals surface area contributed by atoms with Gasteiger partial charge in [0.25, 0.3) is 23.3 Å². The molecule has 8 heterocycles. The van der Waals surface area contributed by atoms with Crippen LogP contribution >= 0.6 is 38.1 Å². The number of methoxy groups -OCH3 is 1. The second kappa shape index (κ2) is 46.2. The maximum absolute atomic E-state index is 17.0. The lowest BCUT2D eigenvalue weighted by atomic mass is 10.0. The first kappa shape index (κ1) is 94.6. The van der Waals surface area contributed by atoms with Crippen LogP contribution in [-0.4, -0.2) is 284 Å². The smallest absolute Gasteiger partial charge is 0.410 e. The number of aliphatic hydroxyl groups excluding tert-OH is 1. The van der Waals surface area contributed by atoms with Crippen molar-refractivity contribution in [2.24, 2.45) is 5.92 Å². The number of imidazole rings is 1. The number of carbonyl (C=O) groups excluding carboxylic acids is 8. The lowest BCUT2D eigenvalue weighted by Crippen LogP contribution is -2.57. The first-order valence-electron chi connectivity index (χ1n) is 38.6. The van der Waals surface area contributed by atoms with Crippen molar-refractivity contribution in [2.45, 2.75) is 127 Å². The molecule has 7 N–H and O–H groups in total. The van der Waals surface area contributed by atoms with Gasteiger partial charge >= 0.3 is 19.7 Å². The zero-order valence-electron chi connectivity index (χ0n) is 66.7. The molecule has 2 bridgehead atoms. The Bertz CT molecular complexity index is 4690. The Morgan fingerprint density at radius 3 is 1.91 bits per heavy atom. The van der Waals surface area contributed by atoms with Crippen molar-refractivity contribution in [1.29, 1.82) is 0 Å². The predicted octanol–water partition coefficient (Wildman–Crippen LogP) is 4.43. The molecule has 8 amide bonds. The maximum Gasteiger partial charge on any atom is 0.410 e. The number of rotatable bonds is 45. The van der Waals surface area contributed by atoms with Crippen molar-refractivity contribution in [3.05, 3.63) is 119 Å². The number of imide groups is 1. The molecule has 4 aliphatic rings. The molecule has 4 aliphatic heterocycles. The highest BCUT2D eigenvalue weighted by molar-refractivity contribution is 8.44. The van der Waals surface area contributed by atoms with Gasteiger partial charge in [0.15, 0.2) is 47.1 Å². The molecule has 10 rings (SSSR count). The fraction of sp³-hybridized carbons (Fsp3) is 0.554. The molecule has 3 saturated heterocycles. The number of hydrogen-bond acceptors (Lipinski definition) is 31. The maximum atomic E-state index is 17.0. The molecule has 41 nitrogen and oxygen atoms in total. The van der Waals surface area contributed by atoms with Gasteiger partial charge in [-0.2, -0.15) is 0 Å². The van der Waals surface area contributed by atoms with Crippen LogP contribution in [0.2, 0.25) is 0 Å². The molecule has 662 valence electrons. The summed E-state index contributed by atoms with van der Waals surface area (Å²) in [5, 5.41) is 24.4. The number of fused-ring (bicyclic) bond motifs is 5. The van der Waals surface area contributed by atoms with Crippen LogP contribution in [0.3, 0.4) is 0 Å². The van der Waals surface area contributed by atoms with E-state index < -0.39 is 164 Å². The minimum absolute atomic E-state index is 0.00296. The van der Waals surface area contributed by atoms with E-state index >= 15 is 8.78 Å². The Morgan fingerprint density at radius 2 is 1.28 bits per heavy atom. The normalized spacial score (nSPS) is 22.5. The van der Waals surface area contributed by atoms with E-state index in [1.165, 1.54) is 37.1 Å². The summed E-state index contributed by atoms with van der Waals surface area (Å²) in [5.74, 6) is -5.84. The highest BCUT2D eigenvalue weighted by atomic mass is 32.7. The number of carbonyl (C=O) groups is 8. The number of thiol groups is 2. The van der Waals surface area contributed by atoms with Crippen LogP contribution in [-0.2, 0) is 121 Å². The molecule has 0 radical (unpaired) electrons. The fourth-order valence-electron chi connectivity index (χ4n) is 12.7. The zero-order valence-corrected chi connectivity index (χ0v) is 70.2. The van der Waals surface area contributed by atoms with Gasteiger partial charge in [0.05, 0.1) is 125 Å². The molecular formula is C74H98F2N14O27P2S2. The standard InChI is InChI=1S/C74H98F2N14O27P2S2/c1-44(2)59(85-69(97)51(12-8-9-20-88-55(92)17-18-56(88)93)84-54(91)19-21-104-24-25-106-28-29-108-32-33-110-35-34-109-31-30-107-27-26-105-23-22-103-5)71(99)82-45(3)67(95)83-48-15-13-46(14-16-48)38-111-74(100)87(4)36-47-10-6-7-11-49(47)68(96)86-64-60-66(79-41-77-64)90(43-81-60)72-58(76)62-53(115-72)40-113-119(102,121)117-63-61(94)52(39-112-118(101,120)116-62)114-73(63)89-37-50(75)57-65(89)78-42-80-70(57)98/h6-7,10-11,13-18,37,41-45,51-53,58-59,61-63,72-73,94H,8-9,12,19-36,38-40H2,1-5H3,(H,82,99)(H,83,95)(H,84,91)(H,85,97)(H,101,120)(H,102,121)(H,78,80,98)(H,77,79,86,96)/t45-,51-,52+,53+,58+,59-,61+,62+,63+,72+,73+,118+,119+/m0/s1. The van der Waals surface area contributed by atoms with Crippen LogP contribution in [0.15, 0.2) is 90.7 Å². The first-order chi connectivity index (χ1) is 58.1. The van der Waals surface area contributed by atoms with Gasteiger partial charge in [-0.1, -0.05) is 68.7 Å². The van der Waals surface area contributed by atoms with Crippen molar-refractivity contribution in [1.82, 2.24) is 59.8 Å². The van der Waals surface area contributed by atoms with Crippen molar-refractivity contribution < 1.29 is 132 Å². The monoisotopic (exact) mass is 1780 g/mol. The number of nitrogens with zero attached hydrogens (tertiary/aromatic N) is 8.